The maximum atomic E-state index is 5.70. The molecule has 0 saturated heterocycles. The Labute approximate surface area is 164 Å². The first kappa shape index (κ1) is 18.1. The van der Waals surface area contributed by atoms with Gasteiger partial charge in [0.25, 0.3) is 0 Å². The van der Waals surface area contributed by atoms with Gasteiger partial charge in [-0.05, 0) is 47.6 Å². The van der Waals surface area contributed by atoms with Crippen molar-refractivity contribution in [3.8, 4) is 17.2 Å². The zero-order chi connectivity index (χ0) is 19.7. The summed E-state index contributed by atoms with van der Waals surface area (Å²) in [6.45, 7) is 0. The first-order valence-electron chi connectivity index (χ1n) is 8.99. The lowest BCUT2D eigenvalue weighted by Gasteiger charge is -2.22. The van der Waals surface area contributed by atoms with E-state index in [2.05, 4.69) is 17.5 Å². The van der Waals surface area contributed by atoms with Gasteiger partial charge in [-0.2, -0.15) is 0 Å². The third kappa shape index (κ3) is 2.91. The van der Waals surface area contributed by atoms with Crippen LogP contribution in [0.25, 0.3) is 11.3 Å². The first-order valence-corrected chi connectivity index (χ1v) is 8.99. The fourth-order valence-electron chi connectivity index (χ4n) is 3.80. The highest BCUT2D eigenvalue weighted by Gasteiger charge is 2.36. The minimum absolute atomic E-state index is 0.0721. The van der Waals surface area contributed by atoms with E-state index in [4.69, 9.17) is 23.4 Å². The zero-order valence-electron chi connectivity index (χ0n) is 16.3. The summed E-state index contributed by atoms with van der Waals surface area (Å²) >= 11 is 0. The van der Waals surface area contributed by atoms with Gasteiger partial charge in [-0.1, -0.05) is 6.08 Å². The van der Waals surface area contributed by atoms with Gasteiger partial charge in [-0.15, -0.1) is 0 Å². The summed E-state index contributed by atoms with van der Waals surface area (Å²) < 4.78 is 27.8. The van der Waals surface area contributed by atoms with E-state index in [9.17, 15) is 0 Å². The average Bonchev–Trinajstić information content (AvgIpc) is 3.39. The molecule has 0 bridgehead atoms. The third-order valence-electron chi connectivity index (χ3n) is 5.09. The van der Waals surface area contributed by atoms with Crippen LogP contribution in [0.15, 0.2) is 58.9 Å². The Balaban J connectivity index is 1.92. The van der Waals surface area contributed by atoms with Crippen LogP contribution in [0.2, 0.25) is 0 Å². The number of methoxy groups -OCH3 is 4. The number of benzene rings is 1. The molecule has 28 heavy (non-hydrogen) atoms. The molecular formula is C22H23NO5. The number of rotatable bonds is 6. The van der Waals surface area contributed by atoms with Crippen LogP contribution in [0.3, 0.4) is 0 Å². The van der Waals surface area contributed by atoms with Crippen LogP contribution >= 0.6 is 0 Å². The number of hydrogen-bond donors (Lipinski definition) is 1. The lowest BCUT2D eigenvalue weighted by Crippen LogP contribution is -2.27. The van der Waals surface area contributed by atoms with Crippen molar-refractivity contribution in [1.29, 1.82) is 0 Å². The molecular weight excluding hydrogens is 358 g/mol. The Morgan fingerprint density at radius 1 is 0.964 bits per heavy atom. The zero-order valence-corrected chi connectivity index (χ0v) is 16.3. The van der Waals surface area contributed by atoms with Crippen LogP contribution in [0.5, 0.6) is 17.2 Å². The van der Waals surface area contributed by atoms with E-state index in [1.54, 1.807) is 34.7 Å². The molecule has 2 atom stereocenters. The molecule has 1 aromatic carbocycles. The molecule has 0 spiro atoms. The first-order chi connectivity index (χ1) is 13.7. The second-order valence-electron chi connectivity index (χ2n) is 6.51. The molecule has 146 valence electrons. The van der Waals surface area contributed by atoms with Crippen molar-refractivity contribution in [3.63, 3.8) is 0 Å². The molecule has 4 rings (SSSR count). The van der Waals surface area contributed by atoms with E-state index in [0.29, 0.717) is 17.2 Å². The van der Waals surface area contributed by atoms with E-state index >= 15 is 0 Å². The predicted octanol–water partition coefficient (Wildman–Crippen LogP) is 3.86. The molecule has 1 aliphatic carbocycles. The highest BCUT2D eigenvalue weighted by atomic mass is 16.5. The van der Waals surface area contributed by atoms with Gasteiger partial charge >= 0.3 is 0 Å². The summed E-state index contributed by atoms with van der Waals surface area (Å²) in [6.07, 6.45) is 7.88. The maximum Gasteiger partial charge on any atom is 0.203 e. The maximum absolute atomic E-state index is 5.70. The molecule has 2 aliphatic rings. The molecule has 1 aromatic heterocycles. The lowest BCUT2D eigenvalue weighted by molar-refractivity contribution is 0.300. The highest BCUT2D eigenvalue weighted by molar-refractivity contribution is 5.94. The van der Waals surface area contributed by atoms with Crippen molar-refractivity contribution in [2.24, 2.45) is 5.92 Å². The van der Waals surface area contributed by atoms with E-state index in [-0.39, 0.29) is 12.0 Å². The topological polar surface area (TPSA) is 62.1 Å². The van der Waals surface area contributed by atoms with Gasteiger partial charge in [-0.25, -0.2) is 0 Å². The van der Waals surface area contributed by atoms with Gasteiger partial charge in [0, 0.05) is 5.92 Å². The van der Waals surface area contributed by atoms with E-state index in [0.717, 1.165) is 28.4 Å². The monoisotopic (exact) mass is 381 g/mol. The molecule has 6 heteroatoms. The molecule has 2 aromatic rings. The van der Waals surface area contributed by atoms with Gasteiger partial charge < -0.3 is 28.7 Å². The van der Waals surface area contributed by atoms with E-state index in [1.807, 2.05) is 30.3 Å². The molecule has 1 aliphatic heterocycles. The molecule has 2 unspecified atom stereocenters. The Kier molecular flexibility index (Phi) is 4.77. The van der Waals surface area contributed by atoms with Crippen molar-refractivity contribution >= 4 is 11.3 Å². The number of fused-ring (bicyclic) bond motifs is 1. The summed E-state index contributed by atoms with van der Waals surface area (Å²) in [5, 5.41) is 3.58. The molecule has 6 nitrogen and oxygen atoms in total. The van der Waals surface area contributed by atoms with Crippen molar-refractivity contribution in [3.05, 3.63) is 65.8 Å². The minimum Gasteiger partial charge on any atom is -0.497 e. The molecule has 0 radical (unpaired) electrons. The largest absolute Gasteiger partial charge is 0.497 e. The number of ether oxygens (including phenoxy) is 4. The van der Waals surface area contributed by atoms with Gasteiger partial charge in [-0.3, -0.25) is 0 Å². The van der Waals surface area contributed by atoms with Gasteiger partial charge in [0.15, 0.2) is 11.5 Å². The predicted molar refractivity (Wildman–Crippen MR) is 106 cm³/mol. The Hall–Kier alpha value is -3.28. The standard InChI is InChI=1S/C22H23NO5/c1-24-14-7-8-16-15(12-14)20(21(23-16)17-6-5-9-28-17)13-10-18(25-2)22(27-4)19(11-13)26-3/h5-12,15-16,23H,1-4H3. The average molecular weight is 381 g/mol. The lowest BCUT2D eigenvalue weighted by atomic mass is 9.85. The summed E-state index contributed by atoms with van der Waals surface area (Å²) in [5.74, 6) is 3.45. The third-order valence-corrected chi connectivity index (χ3v) is 5.09. The second kappa shape index (κ2) is 7.38. The van der Waals surface area contributed by atoms with Crippen molar-refractivity contribution in [2.45, 2.75) is 6.04 Å². The van der Waals surface area contributed by atoms with Gasteiger partial charge in [0.2, 0.25) is 5.75 Å². The van der Waals surface area contributed by atoms with Crippen LogP contribution in [-0.2, 0) is 4.74 Å². The van der Waals surface area contributed by atoms with Crippen LogP contribution in [0, 0.1) is 5.92 Å². The van der Waals surface area contributed by atoms with Crippen molar-refractivity contribution < 1.29 is 23.4 Å². The van der Waals surface area contributed by atoms with Crippen LogP contribution in [0.4, 0.5) is 0 Å². The number of furan rings is 1. The second-order valence-corrected chi connectivity index (χ2v) is 6.51. The van der Waals surface area contributed by atoms with Crippen molar-refractivity contribution in [2.75, 3.05) is 28.4 Å². The van der Waals surface area contributed by atoms with Crippen LogP contribution in [-0.4, -0.2) is 34.5 Å². The molecule has 2 heterocycles. The van der Waals surface area contributed by atoms with E-state index in [1.165, 1.54) is 0 Å². The Morgan fingerprint density at radius 3 is 2.29 bits per heavy atom. The molecule has 0 fully saturated rings. The highest BCUT2D eigenvalue weighted by Crippen LogP contribution is 2.46. The van der Waals surface area contributed by atoms with Gasteiger partial charge in [0.1, 0.15) is 11.5 Å². The summed E-state index contributed by atoms with van der Waals surface area (Å²) in [7, 11) is 6.51. The molecule has 0 amide bonds. The fourth-order valence-corrected chi connectivity index (χ4v) is 3.80. The smallest absolute Gasteiger partial charge is 0.203 e. The summed E-state index contributed by atoms with van der Waals surface area (Å²) in [4.78, 5) is 0. The fraction of sp³-hybridized carbons (Fsp3) is 0.273. The van der Waals surface area contributed by atoms with Crippen molar-refractivity contribution in [1.82, 2.24) is 5.32 Å². The number of nitrogens with one attached hydrogen (secondary N) is 1. The molecule has 0 saturated carbocycles. The van der Waals surface area contributed by atoms with E-state index < -0.39 is 0 Å². The summed E-state index contributed by atoms with van der Waals surface area (Å²) in [6, 6.07) is 7.85. The summed E-state index contributed by atoms with van der Waals surface area (Å²) in [5.41, 5.74) is 2.98. The SMILES string of the molecule is COC1=CC2C(c3cc(OC)c(OC)c(OC)c3)=C(c3ccco3)NC2C=C1. The molecule has 1 N–H and O–H groups in total. The van der Waals surface area contributed by atoms with Crippen LogP contribution in [0.1, 0.15) is 11.3 Å². The quantitative estimate of drug-likeness (QED) is 0.820. The number of allylic oxidation sites excluding steroid dienone is 1. The minimum atomic E-state index is 0.0721. The Bertz CT molecular complexity index is 930. The van der Waals surface area contributed by atoms with Crippen LogP contribution < -0.4 is 19.5 Å². The Morgan fingerprint density at radius 2 is 1.71 bits per heavy atom. The normalized spacial score (nSPS) is 20.4. The van der Waals surface area contributed by atoms with Gasteiger partial charge in [0.05, 0.1) is 46.4 Å². The number of hydrogen-bond acceptors (Lipinski definition) is 6.